The highest BCUT2D eigenvalue weighted by atomic mass is 16.5. The number of Topliss-reactive ketones (excluding diaryl/α,β-unsaturated/α-hetero) is 1. The van der Waals surface area contributed by atoms with Crippen LogP contribution in [0.5, 0.6) is 5.75 Å². The Morgan fingerprint density at radius 2 is 2.17 bits per heavy atom. The predicted octanol–water partition coefficient (Wildman–Crippen LogP) is 2.64. The lowest BCUT2D eigenvalue weighted by molar-refractivity contribution is -0.123. The van der Waals surface area contributed by atoms with Crippen LogP contribution >= 0.6 is 0 Å². The van der Waals surface area contributed by atoms with E-state index in [-0.39, 0.29) is 11.7 Å². The Balaban J connectivity index is 1.70. The topological polar surface area (TPSA) is 39.4 Å². The van der Waals surface area contributed by atoms with Gasteiger partial charge in [0.2, 0.25) is 0 Å². The molecular weight excluding hydrogens is 228 g/mol. The highest BCUT2D eigenvalue weighted by Crippen LogP contribution is 2.27. The molecule has 0 fully saturated rings. The maximum atomic E-state index is 12.2. The van der Waals surface area contributed by atoms with Crippen molar-refractivity contribution in [1.82, 2.24) is 0 Å². The van der Waals surface area contributed by atoms with Gasteiger partial charge in [0, 0.05) is 6.42 Å². The molecule has 1 aromatic heterocycles. The SMILES string of the molecule is O=C(Cc1ccoc1)C1COc2ccccc2C1. The first-order valence-corrected chi connectivity index (χ1v) is 6.07. The average molecular weight is 242 g/mol. The molecule has 0 radical (unpaired) electrons. The summed E-state index contributed by atoms with van der Waals surface area (Å²) in [6.45, 7) is 0.480. The van der Waals surface area contributed by atoms with Crippen LogP contribution in [0.1, 0.15) is 11.1 Å². The zero-order valence-electron chi connectivity index (χ0n) is 9.96. The van der Waals surface area contributed by atoms with Gasteiger partial charge in [0.05, 0.1) is 25.1 Å². The van der Waals surface area contributed by atoms with E-state index in [0.29, 0.717) is 13.0 Å². The molecule has 18 heavy (non-hydrogen) atoms. The molecule has 1 aliphatic heterocycles. The van der Waals surface area contributed by atoms with Crippen molar-refractivity contribution in [2.45, 2.75) is 12.8 Å². The van der Waals surface area contributed by atoms with Crippen LogP contribution in [-0.4, -0.2) is 12.4 Å². The van der Waals surface area contributed by atoms with Crippen molar-refractivity contribution in [2.75, 3.05) is 6.61 Å². The lowest BCUT2D eigenvalue weighted by atomic mass is 9.91. The summed E-state index contributed by atoms with van der Waals surface area (Å²) in [5.41, 5.74) is 2.05. The van der Waals surface area contributed by atoms with E-state index >= 15 is 0 Å². The van der Waals surface area contributed by atoms with E-state index in [2.05, 4.69) is 0 Å². The predicted molar refractivity (Wildman–Crippen MR) is 66.6 cm³/mol. The number of fused-ring (bicyclic) bond motifs is 1. The molecule has 0 N–H and O–H groups in total. The molecular formula is C15H14O3. The summed E-state index contributed by atoms with van der Waals surface area (Å²) >= 11 is 0. The maximum Gasteiger partial charge on any atom is 0.144 e. The van der Waals surface area contributed by atoms with Crippen LogP contribution < -0.4 is 4.74 Å². The van der Waals surface area contributed by atoms with Crippen molar-refractivity contribution in [3.63, 3.8) is 0 Å². The second-order valence-electron chi connectivity index (χ2n) is 4.59. The van der Waals surface area contributed by atoms with Crippen LogP contribution in [-0.2, 0) is 17.6 Å². The second kappa shape index (κ2) is 4.69. The molecule has 3 nitrogen and oxygen atoms in total. The monoisotopic (exact) mass is 242 g/mol. The Labute approximate surface area is 105 Å². The Morgan fingerprint density at radius 3 is 3.00 bits per heavy atom. The van der Waals surface area contributed by atoms with Crippen molar-refractivity contribution in [1.29, 1.82) is 0 Å². The third-order valence-corrected chi connectivity index (χ3v) is 3.29. The largest absolute Gasteiger partial charge is 0.493 e. The number of furan rings is 1. The van der Waals surface area contributed by atoms with Crippen LogP contribution in [0.15, 0.2) is 47.3 Å². The van der Waals surface area contributed by atoms with Crippen LogP contribution in [0.3, 0.4) is 0 Å². The molecule has 1 unspecified atom stereocenters. The van der Waals surface area contributed by atoms with Crippen LogP contribution in [0, 0.1) is 5.92 Å². The van der Waals surface area contributed by atoms with E-state index in [1.165, 1.54) is 0 Å². The number of carbonyl (C=O) groups is 1. The molecule has 92 valence electrons. The fraction of sp³-hybridized carbons (Fsp3) is 0.267. The Morgan fingerprint density at radius 1 is 1.28 bits per heavy atom. The number of ether oxygens (including phenoxy) is 1. The first-order chi connectivity index (χ1) is 8.83. The third-order valence-electron chi connectivity index (χ3n) is 3.29. The summed E-state index contributed by atoms with van der Waals surface area (Å²) in [7, 11) is 0. The van der Waals surface area contributed by atoms with Crippen molar-refractivity contribution in [3.8, 4) is 5.75 Å². The standard InChI is InChI=1S/C15H14O3/c16-14(7-11-5-6-17-9-11)13-8-12-3-1-2-4-15(12)18-10-13/h1-6,9,13H,7-8,10H2. The Hall–Kier alpha value is -2.03. The third kappa shape index (κ3) is 2.16. The molecule has 3 heteroatoms. The van der Waals surface area contributed by atoms with E-state index in [0.717, 1.165) is 23.3 Å². The fourth-order valence-electron chi connectivity index (χ4n) is 2.27. The molecule has 0 amide bonds. The average Bonchev–Trinajstić information content (AvgIpc) is 2.91. The summed E-state index contributed by atoms with van der Waals surface area (Å²) in [4.78, 5) is 12.2. The van der Waals surface area contributed by atoms with Crippen molar-refractivity contribution >= 4 is 5.78 Å². The quantitative estimate of drug-likeness (QED) is 0.830. The van der Waals surface area contributed by atoms with Crippen LogP contribution in [0.2, 0.25) is 0 Å². The highest BCUT2D eigenvalue weighted by Gasteiger charge is 2.25. The molecule has 2 aromatic rings. The number of rotatable bonds is 3. The molecule has 0 bridgehead atoms. The lowest BCUT2D eigenvalue weighted by Crippen LogP contribution is -2.29. The van der Waals surface area contributed by atoms with E-state index < -0.39 is 0 Å². The lowest BCUT2D eigenvalue weighted by Gasteiger charge is -2.24. The summed E-state index contributed by atoms with van der Waals surface area (Å²) in [5.74, 6) is 1.07. The number of hydrogen-bond acceptors (Lipinski definition) is 3. The number of ketones is 1. The van der Waals surface area contributed by atoms with E-state index in [1.54, 1.807) is 12.5 Å². The Bertz CT molecular complexity index is 543. The molecule has 0 spiro atoms. The van der Waals surface area contributed by atoms with Gasteiger partial charge in [-0.2, -0.15) is 0 Å². The van der Waals surface area contributed by atoms with Gasteiger partial charge < -0.3 is 9.15 Å². The van der Waals surface area contributed by atoms with Gasteiger partial charge in [-0.3, -0.25) is 4.79 Å². The van der Waals surface area contributed by atoms with Gasteiger partial charge in [-0.1, -0.05) is 18.2 Å². The molecule has 0 aliphatic carbocycles. The van der Waals surface area contributed by atoms with Gasteiger partial charge >= 0.3 is 0 Å². The summed E-state index contributed by atoms with van der Waals surface area (Å²) < 4.78 is 10.6. The Kier molecular flexibility index (Phi) is 2.89. The van der Waals surface area contributed by atoms with Crippen molar-refractivity contribution < 1.29 is 13.9 Å². The van der Waals surface area contributed by atoms with Crippen molar-refractivity contribution in [2.24, 2.45) is 5.92 Å². The van der Waals surface area contributed by atoms with Gasteiger partial charge in [-0.05, 0) is 29.7 Å². The number of benzene rings is 1. The smallest absolute Gasteiger partial charge is 0.144 e. The van der Waals surface area contributed by atoms with Gasteiger partial charge in [0.15, 0.2) is 0 Å². The van der Waals surface area contributed by atoms with Crippen LogP contribution in [0.4, 0.5) is 0 Å². The molecule has 1 aromatic carbocycles. The van der Waals surface area contributed by atoms with Crippen molar-refractivity contribution in [3.05, 3.63) is 54.0 Å². The molecule has 0 saturated carbocycles. The van der Waals surface area contributed by atoms with E-state index in [9.17, 15) is 4.79 Å². The van der Waals surface area contributed by atoms with Crippen LogP contribution in [0.25, 0.3) is 0 Å². The highest BCUT2D eigenvalue weighted by molar-refractivity contribution is 5.84. The zero-order valence-corrected chi connectivity index (χ0v) is 9.96. The molecule has 1 aliphatic rings. The first-order valence-electron chi connectivity index (χ1n) is 6.07. The number of para-hydroxylation sites is 1. The maximum absolute atomic E-state index is 12.2. The van der Waals surface area contributed by atoms with Gasteiger partial charge in [-0.15, -0.1) is 0 Å². The minimum atomic E-state index is -0.0465. The van der Waals surface area contributed by atoms with Gasteiger partial charge in [0.1, 0.15) is 11.5 Å². The zero-order chi connectivity index (χ0) is 12.4. The minimum absolute atomic E-state index is 0.0465. The fourth-order valence-corrected chi connectivity index (χ4v) is 2.27. The van der Waals surface area contributed by atoms with Gasteiger partial charge in [0.25, 0.3) is 0 Å². The number of hydrogen-bond donors (Lipinski definition) is 0. The number of carbonyl (C=O) groups excluding carboxylic acids is 1. The first kappa shape index (κ1) is 11.1. The molecule has 1 atom stereocenters. The second-order valence-corrected chi connectivity index (χ2v) is 4.59. The molecule has 2 heterocycles. The summed E-state index contributed by atoms with van der Waals surface area (Å²) in [5, 5.41) is 0. The van der Waals surface area contributed by atoms with E-state index in [4.69, 9.17) is 9.15 Å². The molecule has 3 rings (SSSR count). The molecule has 0 saturated heterocycles. The van der Waals surface area contributed by atoms with E-state index in [1.807, 2.05) is 30.3 Å². The normalized spacial score (nSPS) is 17.9. The van der Waals surface area contributed by atoms with Gasteiger partial charge in [-0.25, -0.2) is 0 Å². The minimum Gasteiger partial charge on any atom is -0.493 e. The summed E-state index contributed by atoms with van der Waals surface area (Å²) in [6.07, 6.45) is 4.41. The summed E-state index contributed by atoms with van der Waals surface area (Å²) in [6, 6.07) is 9.73.